The van der Waals surface area contributed by atoms with Gasteiger partial charge in [-0.25, -0.2) is 9.37 Å². The van der Waals surface area contributed by atoms with Gasteiger partial charge in [-0.3, -0.25) is 0 Å². The number of aromatic nitrogens is 1. The summed E-state index contributed by atoms with van der Waals surface area (Å²) in [6.45, 7) is 3.35. The van der Waals surface area contributed by atoms with E-state index >= 15 is 0 Å². The van der Waals surface area contributed by atoms with Crippen LogP contribution in [0.4, 0.5) is 4.39 Å². The third-order valence-electron chi connectivity index (χ3n) is 2.28. The van der Waals surface area contributed by atoms with Crippen LogP contribution in [0.15, 0.2) is 28.8 Å². The minimum absolute atomic E-state index is 0.360. The van der Waals surface area contributed by atoms with E-state index in [9.17, 15) is 4.39 Å². The zero-order chi connectivity index (χ0) is 12.3. The van der Waals surface area contributed by atoms with Gasteiger partial charge < -0.3 is 9.73 Å². The summed E-state index contributed by atoms with van der Waals surface area (Å²) >= 11 is 5.68. The first-order valence-corrected chi connectivity index (χ1v) is 5.69. The Balaban J connectivity index is 2.24. The van der Waals surface area contributed by atoms with Crippen molar-refractivity contribution in [2.45, 2.75) is 13.5 Å². The second-order valence-electron chi connectivity index (χ2n) is 3.52. The van der Waals surface area contributed by atoms with Gasteiger partial charge in [0.15, 0.2) is 5.76 Å². The first-order valence-electron chi connectivity index (χ1n) is 5.31. The molecule has 2 aromatic rings. The van der Waals surface area contributed by atoms with Gasteiger partial charge in [0.2, 0.25) is 5.89 Å². The van der Waals surface area contributed by atoms with E-state index in [2.05, 4.69) is 10.3 Å². The fourth-order valence-electron chi connectivity index (χ4n) is 1.44. The Hall–Kier alpha value is -1.39. The molecule has 0 unspecified atom stereocenters. The van der Waals surface area contributed by atoms with Gasteiger partial charge in [0.1, 0.15) is 5.82 Å². The molecule has 3 nitrogen and oxygen atoms in total. The topological polar surface area (TPSA) is 38.1 Å². The predicted molar refractivity (Wildman–Crippen MR) is 64.3 cm³/mol. The first-order chi connectivity index (χ1) is 8.20. The third kappa shape index (κ3) is 2.84. The SMILES string of the molecule is CCNCc1ncc(-c2ccc(Cl)cc2F)o1. The van der Waals surface area contributed by atoms with Crippen LogP contribution in [0.2, 0.25) is 5.02 Å². The van der Waals surface area contributed by atoms with Crippen LogP contribution >= 0.6 is 11.6 Å². The summed E-state index contributed by atoms with van der Waals surface area (Å²) in [5.41, 5.74) is 0.365. The first kappa shape index (κ1) is 12.1. The average Bonchev–Trinajstić information content (AvgIpc) is 2.75. The third-order valence-corrected chi connectivity index (χ3v) is 2.51. The van der Waals surface area contributed by atoms with E-state index in [1.165, 1.54) is 12.3 Å². The van der Waals surface area contributed by atoms with Gasteiger partial charge in [-0.1, -0.05) is 18.5 Å². The van der Waals surface area contributed by atoms with Crippen LogP contribution in [0.25, 0.3) is 11.3 Å². The van der Waals surface area contributed by atoms with E-state index < -0.39 is 5.82 Å². The largest absolute Gasteiger partial charge is 0.439 e. The molecule has 1 heterocycles. The number of hydrogen-bond donors (Lipinski definition) is 1. The summed E-state index contributed by atoms with van der Waals surface area (Å²) in [5, 5.41) is 3.44. The minimum Gasteiger partial charge on any atom is -0.439 e. The van der Waals surface area contributed by atoms with Crippen molar-refractivity contribution < 1.29 is 8.81 Å². The van der Waals surface area contributed by atoms with Crippen LogP contribution in [-0.4, -0.2) is 11.5 Å². The standard InChI is InChI=1S/C12H12ClFN2O/c1-2-15-7-12-16-6-11(17-12)9-4-3-8(13)5-10(9)14/h3-6,15H,2,7H2,1H3. The average molecular weight is 255 g/mol. The highest BCUT2D eigenvalue weighted by molar-refractivity contribution is 6.30. The van der Waals surface area contributed by atoms with Gasteiger partial charge in [-0.15, -0.1) is 0 Å². The van der Waals surface area contributed by atoms with Crippen molar-refractivity contribution in [3.05, 3.63) is 41.1 Å². The van der Waals surface area contributed by atoms with E-state index in [-0.39, 0.29) is 0 Å². The zero-order valence-corrected chi connectivity index (χ0v) is 10.1. The maximum atomic E-state index is 13.6. The fourth-order valence-corrected chi connectivity index (χ4v) is 1.60. The lowest BCUT2D eigenvalue weighted by Crippen LogP contribution is -2.11. The number of halogens is 2. The highest BCUT2D eigenvalue weighted by atomic mass is 35.5. The highest BCUT2D eigenvalue weighted by Crippen LogP contribution is 2.25. The summed E-state index contributed by atoms with van der Waals surface area (Å²) in [6.07, 6.45) is 1.51. The lowest BCUT2D eigenvalue weighted by Gasteiger charge is -1.99. The summed E-state index contributed by atoms with van der Waals surface area (Å²) in [5.74, 6) is 0.534. The molecule has 0 bridgehead atoms. The van der Waals surface area contributed by atoms with Crippen molar-refractivity contribution in [3.8, 4) is 11.3 Å². The van der Waals surface area contributed by atoms with E-state index in [4.69, 9.17) is 16.0 Å². The predicted octanol–water partition coefficient (Wildman–Crippen LogP) is 3.24. The molecular weight excluding hydrogens is 243 g/mol. The number of oxazole rings is 1. The molecule has 0 saturated carbocycles. The maximum absolute atomic E-state index is 13.6. The molecule has 0 aliphatic heterocycles. The van der Waals surface area contributed by atoms with Crippen molar-refractivity contribution in [2.24, 2.45) is 0 Å². The van der Waals surface area contributed by atoms with Crippen LogP contribution in [0, 0.1) is 5.82 Å². The van der Waals surface area contributed by atoms with E-state index in [1.54, 1.807) is 12.1 Å². The zero-order valence-electron chi connectivity index (χ0n) is 9.34. The Morgan fingerprint density at radius 1 is 1.47 bits per heavy atom. The molecule has 17 heavy (non-hydrogen) atoms. The molecule has 0 atom stereocenters. The molecule has 2 rings (SSSR count). The smallest absolute Gasteiger partial charge is 0.208 e. The highest BCUT2D eigenvalue weighted by Gasteiger charge is 2.11. The van der Waals surface area contributed by atoms with E-state index in [0.29, 0.717) is 28.8 Å². The molecular formula is C12H12ClFN2O. The summed E-state index contributed by atoms with van der Waals surface area (Å²) in [6, 6.07) is 4.45. The van der Waals surface area contributed by atoms with Gasteiger partial charge in [-0.2, -0.15) is 0 Å². The molecule has 90 valence electrons. The Bertz CT molecular complexity index is 513. The lowest BCUT2D eigenvalue weighted by atomic mass is 10.2. The number of nitrogens with one attached hydrogen (secondary N) is 1. The van der Waals surface area contributed by atoms with Crippen molar-refractivity contribution >= 4 is 11.6 Å². The molecule has 0 saturated heterocycles. The van der Waals surface area contributed by atoms with Crippen molar-refractivity contribution in [3.63, 3.8) is 0 Å². The Labute approximate surface area is 104 Å². The molecule has 0 aliphatic rings. The van der Waals surface area contributed by atoms with E-state index in [1.807, 2.05) is 6.92 Å². The van der Waals surface area contributed by atoms with Crippen molar-refractivity contribution in [2.75, 3.05) is 6.54 Å². The second-order valence-corrected chi connectivity index (χ2v) is 3.96. The van der Waals surface area contributed by atoms with Crippen LogP contribution in [-0.2, 0) is 6.54 Å². The Morgan fingerprint density at radius 3 is 3.00 bits per heavy atom. The van der Waals surface area contributed by atoms with Crippen molar-refractivity contribution in [1.29, 1.82) is 0 Å². The van der Waals surface area contributed by atoms with E-state index in [0.717, 1.165) is 6.54 Å². The van der Waals surface area contributed by atoms with Gasteiger partial charge in [0.05, 0.1) is 18.3 Å². The van der Waals surface area contributed by atoms with Crippen LogP contribution in [0.3, 0.4) is 0 Å². The summed E-state index contributed by atoms with van der Waals surface area (Å²) in [7, 11) is 0. The molecule has 1 aromatic carbocycles. The van der Waals surface area contributed by atoms with Crippen molar-refractivity contribution in [1.82, 2.24) is 10.3 Å². The Kier molecular flexibility index (Phi) is 3.76. The lowest BCUT2D eigenvalue weighted by molar-refractivity contribution is 0.479. The van der Waals surface area contributed by atoms with Crippen LogP contribution in [0.5, 0.6) is 0 Å². The Morgan fingerprint density at radius 2 is 2.29 bits per heavy atom. The van der Waals surface area contributed by atoms with Crippen LogP contribution < -0.4 is 5.32 Å². The van der Waals surface area contributed by atoms with Gasteiger partial charge >= 0.3 is 0 Å². The molecule has 0 spiro atoms. The normalized spacial score (nSPS) is 10.8. The molecule has 0 radical (unpaired) electrons. The molecule has 0 fully saturated rings. The quantitative estimate of drug-likeness (QED) is 0.910. The monoisotopic (exact) mass is 254 g/mol. The molecule has 0 amide bonds. The molecule has 1 N–H and O–H groups in total. The number of hydrogen-bond acceptors (Lipinski definition) is 3. The van der Waals surface area contributed by atoms with Gasteiger partial charge in [0, 0.05) is 5.02 Å². The number of rotatable bonds is 4. The molecule has 0 aliphatic carbocycles. The summed E-state index contributed by atoms with van der Waals surface area (Å²) < 4.78 is 19.0. The minimum atomic E-state index is -0.413. The summed E-state index contributed by atoms with van der Waals surface area (Å²) in [4.78, 5) is 4.06. The van der Waals surface area contributed by atoms with Gasteiger partial charge in [0.25, 0.3) is 0 Å². The molecule has 5 heteroatoms. The second kappa shape index (κ2) is 5.29. The number of benzene rings is 1. The van der Waals surface area contributed by atoms with Crippen LogP contribution in [0.1, 0.15) is 12.8 Å². The number of nitrogens with zero attached hydrogens (tertiary/aromatic N) is 1. The van der Waals surface area contributed by atoms with Gasteiger partial charge in [-0.05, 0) is 24.7 Å². The maximum Gasteiger partial charge on any atom is 0.208 e. The fraction of sp³-hybridized carbons (Fsp3) is 0.250. The molecule has 1 aromatic heterocycles.